The van der Waals surface area contributed by atoms with Gasteiger partial charge in [-0.15, -0.1) is 0 Å². The summed E-state index contributed by atoms with van der Waals surface area (Å²) in [5.74, 6) is -3.50. The van der Waals surface area contributed by atoms with Gasteiger partial charge in [-0.3, -0.25) is 19.4 Å². The van der Waals surface area contributed by atoms with Gasteiger partial charge in [-0.25, -0.2) is 4.79 Å². The Morgan fingerprint density at radius 1 is 0.833 bits per heavy atom. The normalized spacial score (nSPS) is 14.5. The fourth-order valence-electron chi connectivity index (χ4n) is 2.06. The minimum Gasteiger partial charge on any atom is -0.480 e. The Hall–Kier alpha value is -1.84. The smallest absolute Gasteiger partial charge is 0.326 e. The van der Waals surface area contributed by atoms with Crippen LogP contribution in [0, 0.1) is 0 Å². The highest BCUT2D eigenvalue weighted by molar-refractivity contribution is 7.80. The van der Waals surface area contributed by atoms with Crippen molar-refractivity contribution in [1.29, 1.82) is 0 Å². The summed E-state index contributed by atoms with van der Waals surface area (Å²) >= 11 is 11.9. The van der Waals surface area contributed by atoms with Gasteiger partial charge in [0, 0.05) is 23.8 Å². The number of carboxylic acid groups (broad SMARTS) is 1. The maximum absolute atomic E-state index is 12.4. The van der Waals surface area contributed by atoms with Crippen LogP contribution in [0.5, 0.6) is 0 Å². The zero-order chi connectivity index (χ0) is 23.3. The predicted molar refractivity (Wildman–Crippen MR) is 123 cm³/mol. The molecule has 0 saturated heterocycles. The van der Waals surface area contributed by atoms with Gasteiger partial charge in [0.15, 0.2) is 5.96 Å². The molecule has 0 aliphatic rings. The van der Waals surface area contributed by atoms with Gasteiger partial charge >= 0.3 is 5.97 Å². The molecule has 0 aromatic rings. The fourth-order valence-corrected chi connectivity index (χ4v) is 2.74. The lowest BCUT2D eigenvalue weighted by atomic mass is 10.1. The van der Waals surface area contributed by atoms with Crippen LogP contribution >= 0.6 is 37.9 Å². The van der Waals surface area contributed by atoms with E-state index in [0.29, 0.717) is 6.42 Å². The number of aliphatic imine (C=N–C) groups is 1. The van der Waals surface area contributed by atoms with Crippen molar-refractivity contribution in [2.75, 3.05) is 23.8 Å². The number of hydrogen-bond acceptors (Lipinski definition) is 9. The number of nitrogens with two attached hydrogens (primary N) is 3. The Labute approximate surface area is 190 Å². The summed E-state index contributed by atoms with van der Waals surface area (Å²) in [6, 6.07) is -4.32. The molecule has 15 heteroatoms. The Morgan fingerprint density at radius 2 is 1.30 bits per heavy atom. The molecule has 0 bridgehead atoms. The van der Waals surface area contributed by atoms with Gasteiger partial charge in [0.1, 0.15) is 18.1 Å². The highest BCUT2D eigenvalue weighted by Crippen LogP contribution is 2.01. The first-order valence-corrected chi connectivity index (χ1v) is 10.7. The molecule has 0 aliphatic heterocycles. The first-order valence-electron chi connectivity index (χ1n) is 8.84. The Bertz CT molecular complexity index is 634. The van der Waals surface area contributed by atoms with Crippen molar-refractivity contribution in [1.82, 2.24) is 16.0 Å². The van der Waals surface area contributed by atoms with Gasteiger partial charge in [-0.2, -0.15) is 37.9 Å². The molecule has 4 atom stereocenters. The van der Waals surface area contributed by atoms with E-state index in [9.17, 15) is 24.3 Å². The predicted octanol–water partition coefficient (Wildman–Crippen LogP) is -3.30. The van der Waals surface area contributed by atoms with E-state index >= 15 is 0 Å². The summed E-state index contributed by atoms with van der Waals surface area (Å²) in [6.07, 6.45) is 0.383. The minimum atomic E-state index is -1.25. The fraction of sp³-hybridized carbons (Fsp3) is 0.667. The summed E-state index contributed by atoms with van der Waals surface area (Å²) in [5.41, 5.74) is 15.9. The average molecular weight is 484 g/mol. The van der Waals surface area contributed by atoms with Crippen LogP contribution in [0.3, 0.4) is 0 Å². The molecular weight excluding hydrogens is 454 g/mol. The number of nitrogens with one attached hydrogen (secondary N) is 3. The quantitative estimate of drug-likeness (QED) is 0.0521. The number of nitrogens with zero attached hydrogens (tertiary/aromatic N) is 1. The zero-order valence-electron chi connectivity index (χ0n) is 16.2. The number of hydrogen-bond donors (Lipinski definition) is 10. The van der Waals surface area contributed by atoms with Crippen LogP contribution in [0.1, 0.15) is 12.8 Å². The molecule has 3 amide bonds. The SMILES string of the molecule is NC(N)=NCCCC(NC(=O)C(CS)NC(=O)C(CS)NC(=O)C(N)CS)C(=O)O. The van der Waals surface area contributed by atoms with E-state index in [0.717, 1.165) is 0 Å². The summed E-state index contributed by atoms with van der Waals surface area (Å²) in [6.45, 7) is 0.201. The summed E-state index contributed by atoms with van der Waals surface area (Å²) in [7, 11) is 0. The third-order valence-corrected chi connectivity index (χ3v) is 4.85. The van der Waals surface area contributed by atoms with Crippen molar-refractivity contribution in [3.63, 3.8) is 0 Å². The Kier molecular flexibility index (Phi) is 14.1. The highest BCUT2D eigenvalue weighted by Gasteiger charge is 2.28. The number of carboxylic acids is 1. The molecule has 0 radical (unpaired) electrons. The van der Waals surface area contributed by atoms with Crippen LogP contribution in [0.25, 0.3) is 0 Å². The highest BCUT2D eigenvalue weighted by atomic mass is 32.1. The van der Waals surface area contributed by atoms with Gasteiger partial charge in [0.05, 0.1) is 6.04 Å². The lowest BCUT2D eigenvalue weighted by molar-refractivity contribution is -0.142. The number of thiol groups is 3. The molecule has 10 N–H and O–H groups in total. The molecule has 0 aromatic heterocycles. The zero-order valence-corrected chi connectivity index (χ0v) is 18.8. The van der Waals surface area contributed by atoms with E-state index in [4.69, 9.17) is 17.2 Å². The molecule has 0 saturated carbocycles. The summed E-state index contributed by atoms with van der Waals surface area (Å²) in [4.78, 5) is 51.8. The van der Waals surface area contributed by atoms with Crippen LogP contribution in [0.2, 0.25) is 0 Å². The van der Waals surface area contributed by atoms with Gasteiger partial charge < -0.3 is 38.3 Å². The van der Waals surface area contributed by atoms with Crippen molar-refractivity contribution in [2.45, 2.75) is 37.0 Å². The van der Waals surface area contributed by atoms with Crippen molar-refractivity contribution in [3.8, 4) is 0 Å². The molecule has 0 heterocycles. The van der Waals surface area contributed by atoms with Crippen LogP contribution < -0.4 is 33.2 Å². The number of carbonyl (C=O) groups is 4. The number of guanidine groups is 1. The standard InChI is InChI=1S/C15H29N7O5S3/c16-7(4-28)11(23)21-9(5-29)13(25)22-10(6-30)12(24)20-8(14(26)27)2-1-3-19-15(17)18/h7-10,28-30H,1-6,16H2,(H,20,24)(H,21,23)(H,22,25)(H,26,27)(H4,17,18,19). The second-order valence-electron chi connectivity index (χ2n) is 6.12. The topological polar surface area (TPSA) is 215 Å². The Morgan fingerprint density at radius 3 is 1.70 bits per heavy atom. The van der Waals surface area contributed by atoms with Crippen molar-refractivity contribution < 1.29 is 24.3 Å². The summed E-state index contributed by atoms with van der Waals surface area (Å²) in [5, 5.41) is 16.4. The maximum atomic E-state index is 12.4. The Balaban J connectivity index is 4.92. The van der Waals surface area contributed by atoms with E-state index in [1.165, 1.54) is 0 Å². The molecule has 0 fully saturated rings. The number of amides is 3. The monoisotopic (exact) mass is 483 g/mol. The molecular formula is C15H29N7O5S3. The molecule has 0 aliphatic carbocycles. The lowest BCUT2D eigenvalue weighted by Gasteiger charge is -2.23. The molecule has 0 spiro atoms. The van der Waals surface area contributed by atoms with Crippen molar-refractivity contribution in [2.24, 2.45) is 22.2 Å². The molecule has 172 valence electrons. The van der Waals surface area contributed by atoms with E-state index in [1.54, 1.807) is 0 Å². The lowest BCUT2D eigenvalue weighted by Crippen LogP contribution is -2.58. The van der Waals surface area contributed by atoms with Crippen LogP contribution in [-0.4, -0.2) is 82.7 Å². The van der Waals surface area contributed by atoms with E-state index in [-0.39, 0.29) is 36.2 Å². The van der Waals surface area contributed by atoms with Gasteiger partial charge in [0.2, 0.25) is 17.7 Å². The van der Waals surface area contributed by atoms with Gasteiger partial charge in [0.25, 0.3) is 0 Å². The van der Waals surface area contributed by atoms with E-state index < -0.39 is 47.9 Å². The second kappa shape index (κ2) is 15.0. The summed E-state index contributed by atoms with van der Waals surface area (Å²) < 4.78 is 0. The van der Waals surface area contributed by atoms with E-state index in [1.807, 2.05) is 0 Å². The number of rotatable bonds is 14. The van der Waals surface area contributed by atoms with Crippen LogP contribution in [0.4, 0.5) is 0 Å². The number of carbonyl (C=O) groups excluding carboxylic acids is 3. The molecule has 4 unspecified atom stereocenters. The molecule has 0 aromatic carbocycles. The average Bonchev–Trinajstić information content (AvgIpc) is 2.70. The molecule has 30 heavy (non-hydrogen) atoms. The second-order valence-corrected chi connectivity index (χ2v) is 7.22. The third kappa shape index (κ3) is 10.8. The van der Waals surface area contributed by atoms with Crippen molar-refractivity contribution >= 4 is 67.5 Å². The first-order chi connectivity index (χ1) is 14.1. The first kappa shape index (κ1) is 28.2. The van der Waals surface area contributed by atoms with Gasteiger partial charge in [-0.05, 0) is 12.8 Å². The minimum absolute atomic E-state index is 0.0552. The largest absolute Gasteiger partial charge is 0.480 e. The third-order valence-electron chi connectivity index (χ3n) is 3.72. The number of aliphatic carboxylic acids is 1. The molecule has 0 rings (SSSR count). The van der Waals surface area contributed by atoms with Crippen molar-refractivity contribution in [3.05, 3.63) is 0 Å². The van der Waals surface area contributed by atoms with Crippen LogP contribution in [-0.2, 0) is 19.2 Å². The van der Waals surface area contributed by atoms with E-state index in [2.05, 4.69) is 58.8 Å². The van der Waals surface area contributed by atoms with Crippen LogP contribution in [0.15, 0.2) is 4.99 Å². The maximum Gasteiger partial charge on any atom is 0.326 e. The van der Waals surface area contributed by atoms with Gasteiger partial charge in [-0.1, -0.05) is 0 Å². The molecule has 12 nitrogen and oxygen atoms in total.